The van der Waals surface area contributed by atoms with Gasteiger partial charge in [-0.15, -0.1) is 12.4 Å². The summed E-state index contributed by atoms with van der Waals surface area (Å²) in [6.07, 6.45) is 3.62. The van der Waals surface area contributed by atoms with E-state index >= 15 is 0 Å². The zero-order valence-corrected chi connectivity index (χ0v) is 11.7. The van der Waals surface area contributed by atoms with Crippen LogP contribution in [0.3, 0.4) is 0 Å². The van der Waals surface area contributed by atoms with Crippen molar-refractivity contribution in [1.29, 1.82) is 0 Å². The van der Waals surface area contributed by atoms with Crippen LogP contribution in [-0.2, 0) is 6.54 Å². The van der Waals surface area contributed by atoms with E-state index < -0.39 is 0 Å². The zero-order valence-electron chi connectivity index (χ0n) is 10.8. The minimum Gasteiger partial charge on any atom is -0.399 e. The monoisotopic (exact) mass is 278 g/mol. The Morgan fingerprint density at radius 2 is 2.05 bits per heavy atom. The lowest BCUT2D eigenvalue weighted by atomic mass is 10.1. The normalized spacial score (nSPS) is 11.6. The molecule has 5 heteroatoms. The maximum Gasteiger partial charge on any atom is 0.0363 e. The van der Waals surface area contributed by atoms with Crippen LogP contribution in [0.1, 0.15) is 24.1 Å². The van der Waals surface area contributed by atoms with Crippen molar-refractivity contribution in [2.45, 2.75) is 19.5 Å². The molecular weight excluding hydrogens is 260 g/mol. The fourth-order valence-corrected chi connectivity index (χ4v) is 1.85. The van der Waals surface area contributed by atoms with E-state index in [0.717, 1.165) is 29.0 Å². The number of anilines is 2. The molecular formula is C14H19ClN4. The van der Waals surface area contributed by atoms with Crippen LogP contribution >= 0.6 is 12.4 Å². The van der Waals surface area contributed by atoms with Crippen LogP contribution in [0.4, 0.5) is 11.4 Å². The fourth-order valence-electron chi connectivity index (χ4n) is 1.85. The van der Waals surface area contributed by atoms with Crippen LogP contribution in [-0.4, -0.2) is 4.98 Å². The predicted octanol–water partition coefficient (Wildman–Crippen LogP) is 2.52. The molecule has 1 unspecified atom stereocenters. The summed E-state index contributed by atoms with van der Waals surface area (Å²) in [5.41, 5.74) is 15.4. The van der Waals surface area contributed by atoms with Crippen molar-refractivity contribution < 1.29 is 0 Å². The third kappa shape index (κ3) is 4.12. The fraction of sp³-hybridized carbons (Fsp3) is 0.214. The largest absolute Gasteiger partial charge is 0.399 e. The van der Waals surface area contributed by atoms with Gasteiger partial charge in [-0.25, -0.2) is 0 Å². The number of nitrogen functional groups attached to an aromatic ring is 2. The molecule has 0 aliphatic rings. The molecule has 0 saturated heterocycles. The molecule has 0 amide bonds. The van der Waals surface area contributed by atoms with E-state index in [0.29, 0.717) is 0 Å². The third-order valence-corrected chi connectivity index (χ3v) is 2.91. The topological polar surface area (TPSA) is 77.0 Å². The summed E-state index contributed by atoms with van der Waals surface area (Å²) in [5, 5.41) is 3.41. The Bertz CT molecular complexity index is 516. The molecule has 1 heterocycles. The number of rotatable bonds is 4. The molecule has 5 N–H and O–H groups in total. The summed E-state index contributed by atoms with van der Waals surface area (Å²) in [5.74, 6) is 0. The van der Waals surface area contributed by atoms with Crippen molar-refractivity contribution in [3.05, 3.63) is 53.9 Å². The zero-order chi connectivity index (χ0) is 13.0. The van der Waals surface area contributed by atoms with Crippen LogP contribution in [0.2, 0.25) is 0 Å². The lowest BCUT2D eigenvalue weighted by Crippen LogP contribution is -2.19. The van der Waals surface area contributed by atoms with Crippen LogP contribution in [0.15, 0.2) is 42.7 Å². The van der Waals surface area contributed by atoms with Crippen LogP contribution < -0.4 is 16.8 Å². The van der Waals surface area contributed by atoms with Crippen LogP contribution in [0.5, 0.6) is 0 Å². The van der Waals surface area contributed by atoms with Gasteiger partial charge < -0.3 is 16.8 Å². The number of hydrogen-bond donors (Lipinski definition) is 3. The Kier molecular flexibility index (Phi) is 5.60. The maximum absolute atomic E-state index is 5.95. The summed E-state index contributed by atoms with van der Waals surface area (Å²) in [6, 6.07) is 9.68. The molecule has 0 spiro atoms. The number of halogens is 1. The van der Waals surface area contributed by atoms with Gasteiger partial charge in [-0.3, -0.25) is 4.98 Å². The molecule has 0 radical (unpaired) electrons. The minimum absolute atomic E-state index is 0. The number of nitrogens with one attached hydrogen (secondary N) is 1. The summed E-state index contributed by atoms with van der Waals surface area (Å²) in [7, 11) is 0. The Morgan fingerprint density at radius 3 is 2.74 bits per heavy atom. The molecule has 2 aromatic rings. The maximum atomic E-state index is 5.95. The van der Waals surface area contributed by atoms with E-state index in [1.807, 2.05) is 36.5 Å². The first-order valence-corrected chi connectivity index (χ1v) is 5.94. The quantitative estimate of drug-likeness (QED) is 0.751. The Balaban J connectivity index is 0.00000180. The SMILES string of the molecule is CC(NCc1cccnc1)c1cc(N)ccc1N.Cl. The third-order valence-electron chi connectivity index (χ3n) is 2.91. The highest BCUT2D eigenvalue weighted by Crippen LogP contribution is 2.22. The van der Waals surface area contributed by atoms with Crippen molar-refractivity contribution >= 4 is 23.8 Å². The smallest absolute Gasteiger partial charge is 0.0363 e. The van der Waals surface area contributed by atoms with Gasteiger partial charge in [0.05, 0.1) is 0 Å². The van der Waals surface area contributed by atoms with Crippen molar-refractivity contribution in [3.63, 3.8) is 0 Å². The summed E-state index contributed by atoms with van der Waals surface area (Å²) >= 11 is 0. The number of nitrogens with two attached hydrogens (primary N) is 2. The molecule has 1 aromatic heterocycles. The number of hydrogen-bond acceptors (Lipinski definition) is 4. The van der Waals surface area contributed by atoms with E-state index in [1.54, 1.807) is 6.20 Å². The van der Waals surface area contributed by atoms with Crippen molar-refractivity contribution in [2.24, 2.45) is 0 Å². The molecule has 2 rings (SSSR count). The number of nitrogens with zero attached hydrogens (tertiary/aromatic N) is 1. The molecule has 1 atom stereocenters. The second-order valence-electron chi connectivity index (χ2n) is 4.35. The Labute approximate surface area is 119 Å². The summed E-state index contributed by atoms with van der Waals surface area (Å²) in [4.78, 5) is 4.08. The molecule has 4 nitrogen and oxygen atoms in total. The lowest BCUT2D eigenvalue weighted by molar-refractivity contribution is 0.575. The first kappa shape index (κ1) is 15.3. The minimum atomic E-state index is 0. The molecule has 1 aromatic carbocycles. The first-order chi connectivity index (χ1) is 8.66. The van der Waals surface area contributed by atoms with Gasteiger partial charge in [0.15, 0.2) is 0 Å². The van der Waals surface area contributed by atoms with E-state index in [2.05, 4.69) is 17.2 Å². The summed E-state index contributed by atoms with van der Waals surface area (Å²) in [6.45, 7) is 2.82. The van der Waals surface area contributed by atoms with Gasteiger partial charge in [-0.2, -0.15) is 0 Å². The molecule has 0 bridgehead atoms. The van der Waals surface area contributed by atoms with Gasteiger partial charge in [-0.1, -0.05) is 6.07 Å². The van der Waals surface area contributed by atoms with Crippen LogP contribution in [0.25, 0.3) is 0 Å². The van der Waals surface area contributed by atoms with E-state index in [-0.39, 0.29) is 18.4 Å². The molecule has 102 valence electrons. The van der Waals surface area contributed by atoms with Gasteiger partial charge in [0.2, 0.25) is 0 Å². The van der Waals surface area contributed by atoms with Gasteiger partial charge in [0, 0.05) is 36.4 Å². The second-order valence-corrected chi connectivity index (χ2v) is 4.35. The van der Waals surface area contributed by atoms with Gasteiger partial charge in [0.25, 0.3) is 0 Å². The van der Waals surface area contributed by atoms with Crippen molar-refractivity contribution in [3.8, 4) is 0 Å². The second kappa shape index (κ2) is 6.97. The summed E-state index contributed by atoms with van der Waals surface area (Å²) < 4.78 is 0. The van der Waals surface area contributed by atoms with Crippen molar-refractivity contribution in [2.75, 3.05) is 11.5 Å². The molecule has 0 fully saturated rings. The van der Waals surface area contributed by atoms with Gasteiger partial charge in [0.1, 0.15) is 0 Å². The lowest BCUT2D eigenvalue weighted by Gasteiger charge is -2.16. The average molecular weight is 279 g/mol. The molecule has 0 aliphatic carbocycles. The average Bonchev–Trinajstić information content (AvgIpc) is 2.40. The first-order valence-electron chi connectivity index (χ1n) is 5.94. The standard InChI is InChI=1S/C14H18N4.ClH/c1-10(13-7-12(15)4-5-14(13)16)18-9-11-3-2-6-17-8-11;/h2-8,10,18H,9,15-16H2,1H3;1H. The van der Waals surface area contributed by atoms with E-state index in [9.17, 15) is 0 Å². The van der Waals surface area contributed by atoms with Crippen molar-refractivity contribution in [1.82, 2.24) is 10.3 Å². The highest BCUT2D eigenvalue weighted by molar-refractivity contribution is 5.85. The Hall–Kier alpha value is -1.78. The van der Waals surface area contributed by atoms with Gasteiger partial charge >= 0.3 is 0 Å². The predicted molar refractivity (Wildman–Crippen MR) is 82.0 cm³/mol. The highest BCUT2D eigenvalue weighted by Gasteiger charge is 2.08. The van der Waals surface area contributed by atoms with E-state index in [1.165, 1.54) is 0 Å². The number of aromatic nitrogens is 1. The van der Waals surface area contributed by atoms with Gasteiger partial charge in [-0.05, 0) is 42.3 Å². The molecule has 0 saturated carbocycles. The Morgan fingerprint density at radius 1 is 1.26 bits per heavy atom. The molecule has 0 aliphatic heterocycles. The highest BCUT2D eigenvalue weighted by atomic mass is 35.5. The molecule has 19 heavy (non-hydrogen) atoms. The van der Waals surface area contributed by atoms with E-state index in [4.69, 9.17) is 11.5 Å². The number of benzene rings is 1. The van der Waals surface area contributed by atoms with Crippen LogP contribution in [0, 0.1) is 0 Å². The number of pyridine rings is 1.